The lowest BCUT2D eigenvalue weighted by Crippen LogP contribution is -2.32. The molecule has 0 aliphatic rings. The van der Waals surface area contributed by atoms with Crippen LogP contribution in [0.4, 0.5) is 5.82 Å². The van der Waals surface area contributed by atoms with Crippen molar-refractivity contribution in [2.24, 2.45) is 0 Å². The van der Waals surface area contributed by atoms with Crippen LogP contribution in [-0.4, -0.2) is 64.1 Å². The molecule has 0 bridgehead atoms. The Labute approximate surface area is 201 Å². The topological polar surface area (TPSA) is 101 Å². The number of carbonyl (C=O) groups excluding carboxylic acids is 2. The molecule has 3 rings (SSSR count). The van der Waals surface area contributed by atoms with E-state index in [9.17, 15) is 9.59 Å². The van der Waals surface area contributed by atoms with E-state index in [1.807, 2.05) is 0 Å². The predicted octanol–water partition coefficient (Wildman–Crippen LogP) is 3.47. The Balaban J connectivity index is 2.13. The third kappa shape index (κ3) is 6.01. The van der Waals surface area contributed by atoms with E-state index in [1.165, 1.54) is 23.0 Å². The molecule has 0 aliphatic heterocycles. The zero-order valence-corrected chi connectivity index (χ0v) is 19.6. The Morgan fingerprint density at radius 2 is 2.00 bits per heavy atom. The van der Waals surface area contributed by atoms with Crippen LogP contribution in [0.25, 0.3) is 0 Å². The highest BCUT2D eigenvalue weighted by atomic mass is 35.5. The second kappa shape index (κ2) is 11.1. The van der Waals surface area contributed by atoms with Crippen LogP contribution in [0.5, 0.6) is 11.8 Å². The van der Waals surface area contributed by atoms with E-state index in [4.69, 9.17) is 33.0 Å². The van der Waals surface area contributed by atoms with Crippen molar-refractivity contribution in [3.05, 3.63) is 64.0 Å². The third-order valence-corrected chi connectivity index (χ3v) is 5.18. The summed E-state index contributed by atoms with van der Waals surface area (Å²) in [5, 5.41) is 10.1. The summed E-state index contributed by atoms with van der Waals surface area (Å²) in [6.07, 6.45) is 2.46. The molecule has 33 heavy (non-hydrogen) atoms. The molecule has 0 spiro atoms. The van der Waals surface area contributed by atoms with Gasteiger partial charge in [0.25, 0.3) is 5.91 Å². The van der Waals surface area contributed by atoms with Gasteiger partial charge in [0, 0.05) is 38.5 Å². The SMILES string of the molecule is CN(CCCO)C(=O)c1c(N(C)C=O)nc(Oc2cccc(Cl)c2)n1Cc1ccc(Cl)cn1. The molecule has 1 aromatic carbocycles. The Hall–Kier alpha value is -3.14. The lowest BCUT2D eigenvalue weighted by molar-refractivity contribution is -0.107. The summed E-state index contributed by atoms with van der Waals surface area (Å²) >= 11 is 12.0. The van der Waals surface area contributed by atoms with E-state index in [2.05, 4.69) is 9.97 Å². The van der Waals surface area contributed by atoms with Gasteiger partial charge in [-0.1, -0.05) is 29.3 Å². The van der Waals surface area contributed by atoms with E-state index in [-0.39, 0.29) is 30.7 Å². The van der Waals surface area contributed by atoms with Gasteiger partial charge < -0.3 is 19.6 Å². The highest BCUT2D eigenvalue weighted by Gasteiger charge is 2.29. The number of aliphatic hydroxyl groups excluding tert-OH is 1. The molecule has 11 heteroatoms. The first-order chi connectivity index (χ1) is 15.8. The van der Waals surface area contributed by atoms with Gasteiger partial charge in [-0.05, 0) is 36.8 Å². The number of imidazole rings is 1. The number of carbonyl (C=O) groups is 2. The van der Waals surface area contributed by atoms with Crippen LogP contribution in [-0.2, 0) is 11.3 Å². The number of rotatable bonds is 10. The molecule has 0 unspecified atom stereocenters. The Bertz CT molecular complexity index is 1120. The van der Waals surface area contributed by atoms with Crippen molar-refractivity contribution in [3.63, 3.8) is 0 Å². The van der Waals surface area contributed by atoms with Crippen molar-refractivity contribution in [2.75, 3.05) is 32.1 Å². The molecule has 0 atom stereocenters. The van der Waals surface area contributed by atoms with E-state index >= 15 is 0 Å². The first-order valence-electron chi connectivity index (χ1n) is 10.0. The molecular formula is C22H23Cl2N5O4. The van der Waals surface area contributed by atoms with Crippen molar-refractivity contribution in [1.29, 1.82) is 0 Å². The van der Waals surface area contributed by atoms with Crippen LogP contribution < -0.4 is 9.64 Å². The summed E-state index contributed by atoms with van der Waals surface area (Å²) in [7, 11) is 3.10. The number of aromatic nitrogens is 3. The monoisotopic (exact) mass is 491 g/mol. The van der Waals surface area contributed by atoms with Crippen molar-refractivity contribution >= 4 is 41.3 Å². The number of hydrogen-bond acceptors (Lipinski definition) is 6. The number of ether oxygens (including phenoxy) is 1. The van der Waals surface area contributed by atoms with Gasteiger partial charge in [-0.3, -0.25) is 19.1 Å². The fraction of sp³-hybridized carbons (Fsp3) is 0.273. The maximum absolute atomic E-state index is 13.4. The zero-order valence-electron chi connectivity index (χ0n) is 18.1. The Morgan fingerprint density at radius 3 is 2.64 bits per heavy atom. The van der Waals surface area contributed by atoms with Crippen molar-refractivity contribution in [3.8, 4) is 11.8 Å². The molecule has 3 aromatic rings. The summed E-state index contributed by atoms with van der Waals surface area (Å²) in [6, 6.07) is 10.2. The van der Waals surface area contributed by atoms with Crippen LogP contribution in [0.3, 0.4) is 0 Å². The fourth-order valence-corrected chi connectivity index (χ4v) is 3.33. The number of pyridine rings is 1. The number of anilines is 1. The highest BCUT2D eigenvalue weighted by molar-refractivity contribution is 6.30. The van der Waals surface area contributed by atoms with Crippen LogP contribution in [0.15, 0.2) is 42.6 Å². The van der Waals surface area contributed by atoms with Gasteiger partial charge >= 0.3 is 6.01 Å². The largest absolute Gasteiger partial charge is 0.425 e. The molecule has 2 heterocycles. The van der Waals surface area contributed by atoms with E-state index in [0.29, 0.717) is 40.9 Å². The molecule has 9 nitrogen and oxygen atoms in total. The van der Waals surface area contributed by atoms with E-state index in [1.54, 1.807) is 48.0 Å². The van der Waals surface area contributed by atoms with Crippen molar-refractivity contribution < 1.29 is 19.4 Å². The van der Waals surface area contributed by atoms with Gasteiger partial charge in [-0.2, -0.15) is 4.98 Å². The van der Waals surface area contributed by atoms with Crippen molar-refractivity contribution in [1.82, 2.24) is 19.4 Å². The molecule has 2 amide bonds. The Morgan fingerprint density at radius 1 is 1.21 bits per heavy atom. The average molecular weight is 492 g/mol. The van der Waals surface area contributed by atoms with Crippen molar-refractivity contribution in [2.45, 2.75) is 13.0 Å². The maximum Gasteiger partial charge on any atom is 0.304 e. The maximum atomic E-state index is 13.4. The van der Waals surface area contributed by atoms with Gasteiger partial charge in [0.15, 0.2) is 11.5 Å². The molecule has 0 fully saturated rings. The number of amides is 2. The molecule has 0 aliphatic carbocycles. The predicted molar refractivity (Wildman–Crippen MR) is 125 cm³/mol. The van der Waals surface area contributed by atoms with Gasteiger partial charge in [0.2, 0.25) is 6.41 Å². The van der Waals surface area contributed by atoms with Gasteiger partial charge in [-0.15, -0.1) is 0 Å². The molecule has 174 valence electrons. The normalized spacial score (nSPS) is 10.7. The third-order valence-electron chi connectivity index (χ3n) is 4.72. The van der Waals surface area contributed by atoms with Crippen LogP contribution in [0.2, 0.25) is 10.0 Å². The first-order valence-corrected chi connectivity index (χ1v) is 10.8. The molecule has 2 aromatic heterocycles. The number of nitrogens with zero attached hydrogens (tertiary/aromatic N) is 5. The average Bonchev–Trinajstić information content (AvgIpc) is 3.15. The summed E-state index contributed by atoms with van der Waals surface area (Å²) in [4.78, 5) is 36.4. The fourth-order valence-electron chi connectivity index (χ4n) is 3.04. The highest BCUT2D eigenvalue weighted by Crippen LogP contribution is 2.31. The number of hydrogen-bond donors (Lipinski definition) is 1. The quantitative estimate of drug-likeness (QED) is 0.435. The second-order valence-electron chi connectivity index (χ2n) is 7.20. The number of aliphatic hydroxyl groups is 1. The van der Waals surface area contributed by atoms with Crippen LogP contribution in [0.1, 0.15) is 22.6 Å². The van der Waals surface area contributed by atoms with Gasteiger partial charge in [0.1, 0.15) is 5.75 Å². The standard InChI is InChI=1S/C22H23Cl2N5O4/c1-27(9-4-10-30)21(32)19-20(28(2)14-31)26-22(33-18-6-3-5-15(23)11-18)29(19)13-17-8-7-16(24)12-25-17/h3,5-8,11-12,14,30H,4,9-10,13H2,1-2H3. The van der Waals surface area contributed by atoms with Crippen LogP contribution in [0, 0.1) is 0 Å². The lowest BCUT2D eigenvalue weighted by atomic mass is 10.3. The minimum absolute atomic E-state index is 0.0597. The first kappa shape index (κ1) is 24.5. The smallest absolute Gasteiger partial charge is 0.304 e. The minimum Gasteiger partial charge on any atom is -0.425 e. The molecule has 0 saturated carbocycles. The second-order valence-corrected chi connectivity index (χ2v) is 8.07. The summed E-state index contributed by atoms with van der Waals surface area (Å²) < 4.78 is 7.52. The van der Waals surface area contributed by atoms with Gasteiger partial charge in [0.05, 0.1) is 17.3 Å². The summed E-state index contributed by atoms with van der Waals surface area (Å²) in [5.41, 5.74) is 0.735. The van der Waals surface area contributed by atoms with Gasteiger partial charge in [-0.25, -0.2) is 0 Å². The number of benzene rings is 1. The molecular weight excluding hydrogens is 469 g/mol. The number of halogens is 2. The molecule has 1 N–H and O–H groups in total. The molecule has 0 saturated heterocycles. The lowest BCUT2D eigenvalue weighted by Gasteiger charge is -2.20. The molecule has 0 radical (unpaired) electrons. The summed E-state index contributed by atoms with van der Waals surface area (Å²) in [5.74, 6) is 0.136. The minimum atomic E-state index is -0.394. The Kier molecular flexibility index (Phi) is 8.26. The van der Waals surface area contributed by atoms with E-state index < -0.39 is 5.91 Å². The zero-order chi connectivity index (χ0) is 24.0. The van der Waals surface area contributed by atoms with E-state index in [0.717, 1.165) is 0 Å². The van der Waals surface area contributed by atoms with Crippen LogP contribution >= 0.6 is 23.2 Å². The summed E-state index contributed by atoms with van der Waals surface area (Å²) in [6.45, 7) is 0.381.